The normalized spacial score (nSPS) is 10.5. The highest BCUT2D eigenvalue weighted by Gasteiger charge is 2.10. The average Bonchev–Trinajstić information content (AvgIpc) is 2.38. The summed E-state index contributed by atoms with van der Waals surface area (Å²) in [5.74, 6) is 0.831. The Hall–Kier alpha value is -0.850. The van der Waals surface area contributed by atoms with Gasteiger partial charge in [-0.1, -0.05) is 28.1 Å². The number of benzene rings is 2. The maximum Gasteiger partial charge on any atom is 0.148 e. The molecule has 0 saturated carbocycles. The maximum atomic E-state index is 7.44. The summed E-state index contributed by atoms with van der Waals surface area (Å²) in [4.78, 5) is 0. The van der Waals surface area contributed by atoms with Crippen LogP contribution in [0.1, 0.15) is 16.7 Å². The molecule has 0 aliphatic rings. The molecule has 0 aromatic heterocycles. The molecule has 2 rings (SSSR count). The van der Waals surface area contributed by atoms with Crippen LogP contribution in [0.5, 0.6) is 5.75 Å². The van der Waals surface area contributed by atoms with Gasteiger partial charge in [0, 0.05) is 10.0 Å². The van der Waals surface area contributed by atoms with Gasteiger partial charge in [0.2, 0.25) is 0 Å². The third-order valence-electron chi connectivity index (χ3n) is 2.99. The first-order chi connectivity index (χ1) is 9.88. The molecule has 3 nitrogen and oxygen atoms in total. The number of halogens is 3. The van der Waals surface area contributed by atoms with Crippen LogP contribution in [-0.4, -0.2) is 5.84 Å². The molecule has 0 radical (unpaired) electrons. The number of ether oxygens (including phenoxy) is 1. The zero-order valence-corrected chi connectivity index (χ0v) is 16.0. The minimum absolute atomic E-state index is 0.0731. The van der Waals surface area contributed by atoms with Crippen molar-refractivity contribution in [1.82, 2.24) is 0 Å². The molecule has 21 heavy (non-hydrogen) atoms. The summed E-state index contributed by atoms with van der Waals surface area (Å²) >= 11 is 10.4. The van der Waals surface area contributed by atoms with E-state index in [0.29, 0.717) is 6.61 Å². The summed E-state index contributed by atoms with van der Waals surface area (Å²) < 4.78 is 8.61. The lowest BCUT2D eigenvalue weighted by atomic mass is 10.1. The van der Waals surface area contributed by atoms with Gasteiger partial charge < -0.3 is 10.5 Å². The average molecular weight is 477 g/mol. The second-order valence-corrected chi connectivity index (χ2v) is 7.17. The SMILES string of the molecule is Cc1cc(C(=N)N)ccc1COc1c(Br)cc(Br)cc1Br. The van der Waals surface area contributed by atoms with Crippen molar-refractivity contribution in [3.63, 3.8) is 0 Å². The van der Waals surface area contributed by atoms with Crippen molar-refractivity contribution in [2.24, 2.45) is 5.73 Å². The number of rotatable bonds is 4. The Labute approximate surface area is 148 Å². The van der Waals surface area contributed by atoms with Gasteiger partial charge in [-0.15, -0.1) is 0 Å². The van der Waals surface area contributed by atoms with E-state index in [4.69, 9.17) is 15.9 Å². The van der Waals surface area contributed by atoms with Gasteiger partial charge in [0.05, 0.1) is 8.95 Å². The van der Waals surface area contributed by atoms with Gasteiger partial charge in [0.15, 0.2) is 0 Å². The van der Waals surface area contributed by atoms with Crippen molar-refractivity contribution in [3.05, 3.63) is 60.4 Å². The number of nitrogens with two attached hydrogens (primary N) is 1. The number of hydrogen-bond donors (Lipinski definition) is 2. The largest absolute Gasteiger partial charge is 0.487 e. The van der Waals surface area contributed by atoms with Crippen molar-refractivity contribution in [3.8, 4) is 5.75 Å². The number of aryl methyl sites for hydroxylation is 1. The van der Waals surface area contributed by atoms with E-state index in [1.54, 1.807) is 0 Å². The number of nitrogen functional groups attached to an aromatic ring is 1. The monoisotopic (exact) mass is 474 g/mol. The van der Waals surface area contributed by atoms with Crippen LogP contribution >= 0.6 is 47.8 Å². The summed E-state index contributed by atoms with van der Waals surface area (Å²) in [7, 11) is 0. The molecular formula is C15H13Br3N2O. The molecule has 0 amide bonds. The summed E-state index contributed by atoms with van der Waals surface area (Å²) in [6.45, 7) is 2.43. The van der Waals surface area contributed by atoms with Crippen LogP contribution in [0.2, 0.25) is 0 Å². The third kappa shape index (κ3) is 4.08. The van der Waals surface area contributed by atoms with Crippen LogP contribution in [0.25, 0.3) is 0 Å². The zero-order chi connectivity index (χ0) is 15.6. The van der Waals surface area contributed by atoms with Crippen molar-refractivity contribution < 1.29 is 4.74 Å². The molecule has 0 bridgehead atoms. The lowest BCUT2D eigenvalue weighted by Crippen LogP contribution is -2.11. The minimum atomic E-state index is 0.0731. The molecule has 0 unspecified atom stereocenters. The Morgan fingerprint density at radius 3 is 2.29 bits per heavy atom. The van der Waals surface area contributed by atoms with Crippen LogP contribution in [0.3, 0.4) is 0 Å². The summed E-state index contributed by atoms with van der Waals surface area (Å²) in [5.41, 5.74) is 8.32. The first-order valence-electron chi connectivity index (χ1n) is 6.09. The Balaban J connectivity index is 2.19. The highest BCUT2D eigenvalue weighted by atomic mass is 79.9. The van der Waals surface area contributed by atoms with Gasteiger partial charge in [0.25, 0.3) is 0 Å². The smallest absolute Gasteiger partial charge is 0.148 e. The fraction of sp³-hybridized carbons (Fsp3) is 0.133. The fourth-order valence-corrected chi connectivity index (χ4v) is 4.33. The standard InChI is InChI=1S/C15H13Br3N2O/c1-8-4-9(15(19)20)2-3-10(8)7-21-14-12(17)5-11(16)6-13(14)18/h2-6H,7H2,1H3,(H3,19,20). The topological polar surface area (TPSA) is 59.1 Å². The molecule has 0 saturated heterocycles. The molecule has 0 spiro atoms. The zero-order valence-electron chi connectivity index (χ0n) is 11.2. The second-order valence-electron chi connectivity index (χ2n) is 4.54. The minimum Gasteiger partial charge on any atom is -0.487 e. The molecule has 0 aliphatic heterocycles. The first-order valence-corrected chi connectivity index (χ1v) is 8.47. The van der Waals surface area contributed by atoms with E-state index in [1.807, 2.05) is 37.3 Å². The van der Waals surface area contributed by atoms with E-state index in [9.17, 15) is 0 Å². The molecule has 0 atom stereocenters. The van der Waals surface area contributed by atoms with E-state index in [-0.39, 0.29) is 5.84 Å². The van der Waals surface area contributed by atoms with Crippen molar-refractivity contribution in [2.75, 3.05) is 0 Å². The van der Waals surface area contributed by atoms with Crippen molar-refractivity contribution >= 4 is 53.6 Å². The van der Waals surface area contributed by atoms with Crippen LogP contribution in [0.4, 0.5) is 0 Å². The van der Waals surface area contributed by atoms with Crippen LogP contribution in [0, 0.1) is 12.3 Å². The van der Waals surface area contributed by atoms with Gasteiger partial charge in [-0.2, -0.15) is 0 Å². The van der Waals surface area contributed by atoms with E-state index < -0.39 is 0 Å². The molecule has 2 aromatic carbocycles. The molecule has 3 N–H and O–H groups in total. The molecule has 0 heterocycles. The van der Waals surface area contributed by atoms with Gasteiger partial charge >= 0.3 is 0 Å². The molecule has 0 fully saturated rings. The maximum absolute atomic E-state index is 7.44. The lowest BCUT2D eigenvalue weighted by Gasteiger charge is -2.13. The summed E-state index contributed by atoms with van der Waals surface area (Å²) in [6, 6.07) is 9.54. The molecular weight excluding hydrogens is 464 g/mol. The predicted molar refractivity (Wildman–Crippen MR) is 96.1 cm³/mol. The van der Waals surface area contributed by atoms with Crippen LogP contribution < -0.4 is 10.5 Å². The Morgan fingerprint density at radius 2 is 1.76 bits per heavy atom. The fourth-order valence-electron chi connectivity index (χ4n) is 1.84. The molecule has 0 aliphatic carbocycles. The van der Waals surface area contributed by atoms with E-state index in [0.717, 1.165) is 35.9 Å². The second kappa shape index (κ2) is 6.94. The van der Waals surface area contributed by atoms with Crippen molar-refractivity contribution in [2.45, 2.75) is 13.5 Å². The molecule has 6 heteroatoms. The Bertz CT molecular complexity index is 678. The summed E-state index contributed by atoms with van der Waals surface area (Å²) in [6.07, 6.45) is 0. The van der Waals surface area contributed by atoms with Crippen molar-refractivity contribution in [1.29, 1.82) is 5.41 Å². The van der Waals surface area contributed by atoms with E-state index in [2.05, 4.69) is 47.8 Å². The number of nitrogens with one attached hydrogen (secondary N) is 1. The Morgan fingerprint density at radius 1 is 1.14 bits per heavy atom. The van der Waals surface area contributed by atoms with Crippen LogP contribution in [-0.2, 0) is 6.61 Å². The Kier molecular flexibility index (Phi) is 5.46. The summed E-state index contributed by atoms with van der Waals surface area (Å²) in [5, 5.41) is 7.44. The van der Waals surface area contributed by atoms with Gasteiger partial charge in [-0.05, 0) is 68.1 Å². The first kappa shape index (κ1) is 16.5. The highest BCUT2D eigenvalue weighted by molar-refractivity contribution is 9.11. The van der Waals surface area contributed by atoms with Gasteiger partial charge in [0.1, 0.15) is 18.2 Å². The van der Waals surface area contributed by atoms with Crippen LogP contribution in [0.15, 0.2) is 43.7 Å². The number of amidine groups is 1. The quantitative estimate of drug-likeness (QED) is 0.474. The highest BCUT2D eigenvalue weighted by Crippen LogP contribution is 2.37. The molecule has 2 aromatic rings. The number of hydrogen-bond acceptors (Lipinski definition) is 2. The van der Waals surface area contributed by atoms with E-state index in [1.165, 1.54) is 0 Å². The lowest BCUT2D eigenvalue weighted by molar-refractivity contribution is 0.301. The molecule has 110 valence electrons. The van der Waals surface area contributed by atoms with E-state index >= 15 is 0 Å². The van der Waals surface area contributed by atoms with Gasteiger partial charge in [-0.3, -0.25) is 5.41 Å². The third-order valence-corrected chi connectivity index (χ3v) is 4.62. The predicted octanol–water partition coefficient (Wildman–Crippen LogP) is 5.15. The van der Waals surface area contributed by atoms with Gasteiger partial charge in [-0.25, -0.2) is 0 Å².